The van der Waals surface area contributed by atoms with Crippen LogP contribution < -0.4 is 15.2 Å². The Bertz CT molecular complexity index is 994. The number of benzene rings is 1. The molecule has 2 N–H and O–H groups in total. The number of carbonyl (C=O) groups excluding carboxylic acids is 4. The van der Waals surface area contributed by atoms with E-state index in [2.05, 4.69) is 4.74 Å². The lowest BCUT2D eigenvalue weighted by atomic mass is 9.99. The molecule has 0 aliphatic rings. The van der Waals surface area contributed by atoms with E-state index in [1.54, 1.807) is 6.07 Å². The summed E-state index contributed by atoms with van der Waals surface area (Å²) in [5.41, 5.74) is 5.91. The second-order valence-corrected chi connectivity index (χ2v) is 11.4. The Labute approximate surface area is 229 Å². The fourth-order valence-electron chi connectivity index (χ4n) is 2.63. The van der Waals surface area contributed by atoms with Crippen LogP contribution in [0.3, 0.4) is 0 Å². The zero-order chi connectivity index (χ0) is 30.0. The van der Waals surface area contributed by atoms with Crippen LogP contribution in [-0.2, 0) is 34.9 Å². The number of nitrogens with two attached hydrogens (primary N) is 1. The highest BCUT2D eigenvalue weighted by molar-refractivity contribution is 5.76. The number of hydrogen-bond donors (Lipinski definition) is 1. The molecule has 0 bridgehead atoms. The maximum absolute atomic E-state index is 12.5. The maximum atomic E-state index is 12.5. The van der Waals surface area contributed by atoms with Crippen molar-refractivity contribution in [3.05, 3.63) is 23.8 Å². The molecule has 1 aromatic rings. The lowest BCUT2D eigenvalue weighted by Gasteiger charge is -2.22. The lowest BCUT2D eigenvalue weighted by Crippen LogP contribution is -2.39. The number of ether oxygens (including phenoxy) is 7. The Morgan fingerprint density at radius 1 is 0.769 bits per heavy atom. The highest BCUT2D eigenvalue weighted by atomic mass is 16.7. The highest BCUT2D eigenvalue weighted by Crippen LogP contribution is 2.30. The SMILES string of the molecule is COC(=O)OC(C)[C@H](C)OC(=O)[C@@H](N)Cc1ccc(OC(=O)OCC(C)(C)C)c(OC(=O)OCC(C)(C)C)c1. The molecule has 1 unspecified atom stereocenters. The normalized spacial score (nSPS) is 13.8. The summed E-state index contributed by atoms with van der Waals surface area (Å²) >= 11 is 0. The molecular weight excluding hydrogens is 514 g/mol. The average molecular weight is 556 g/mol. The number of methoxy groups -OCH3 is 1. The van der Waals surface area contributed by atoms with E-state index in [-0.39, 0.29) is 42.0 Å². The molecule has 0 radical (unpaired) electrons. The molecule has 0 saturated heterocycles. The minimum Gasteiger partial charge on any atom is -0.458 e. The zero-order valence-corrected chi connectivity index (χ0v) is 24.2. The van der Waals surface area contributed by atoms with Crippen LogP contribution in [0, 0.1) is 10.8 Å². The van der Waals surface area contributed by atoms with Crippen LogP contribution in [0.15, 0.2) is 18.2 Å². The van der Waals surface area contributed by atoms with Crippen LogP contribution in [0.1, 0.15) is 61.0 Å². The first kappa shape index (κ1) is 33.5. The van der Waals surface area contributed by atoms with Crippen LogP contribution >= 0.6 is 0 Å². The summed E-state index contributed by atoms with van der Waals surface area (Å²) in [5, 5.41) is 0. The predicted octanol–water partition coefficient (Wildman–Crippen LogP) is 4.78. The molecule has 0 spiro atoms. The first-order chi connectivity index (χ1) is 17.9. The van der Waals surface area contributed by atoms with Crippen molar-refractivity contribution in [1.29, 1.82) is 0 Å². The third kappa shape index (κ3) is 13.7. The minimum atomic E-state index is -1.11. The van der Waals surface area contributed by atoms with Gasteiger partial charge >= 0.3 is 24.4 Å². The van der Waals surface area contributed by atoms with Gasteiger partial charge < -0.3 is 38.9 Å². The summed E-state index contributed by atoms with van der Waals surface area (Å²) < 4.78 is 35.5. The number of carbonyl (C=O) groups is 4. The first-order valence-corrected chi connectivity index (χ1v) is 12.4. The van der Waals surface area contributed by atoms with Gasteiger partial charge in [0.2, 0.25) is 0 Å². The zero-order valence-electron chi connectivity index (χ0n) is 24.2. The second kappa shape index (κ2) is 14.6. The smallest absolute Gasteiger partial charge is 0.458 e. The topological polar surface area (TPSA) is 159 Å². The van der Waals surface area contributed by atoms with E-state index in [0.717, 1.165) is 7.11 Å². The van der Waals surface area contributed by atoms with Crippen LogP contribution in [0.5, 0.6) is 11.5 Å². The van der Waals surface area contributed by atoms with Crippen molar-refractivity contribution in [3.8, 4) is 11.5 Å². The van der Waals surface area contributed by atoms with E-state index < -0.39 is 42.7 Å². The standard InChI is InChI=1S/C27H41NO11/c1-16(17(2)37-23(30)33-9)36-22(29)19(28)12-18-10-11-20(38-24(31)34-14-26(3,4)5)21(13-18)39-25(32)35-15-27(6,7)8/h10-11,13,16-17,19H,12,14-15,28H2,1-9H3/t16-,17?,19-/m0/s1. The van der Waals surface area contributed by atoms with Crippen molar-refractivity contribution < 1.29 is 52.3 Å². The van der Waals surface area contributed by atoms with E-state index in [4.69, 9.17) is 34.2 Å². The van der Waals surface area contributed by atoms with Crippen LogP contribution in [0.2, 0.25) is 0 Å². The molecule has 0 amide bonds. The molecule has 12 nitrogen and oxygen atoms in total. The quantitative estimate of drug-likeness (QED) is 0.239. The molecule has 0 aliphatic heterocycles. The molecule has 0 aromatic heterocycles. The first-order valence-electron chi connectivity index (χ1n) is 12.4. The Morgan fingerprint density at radius 2 is 1.26 bits per heavy atom. The third-order valence-corrected chi connectivity index (χ3v) is 4.81. The lowest BCUT2D eigenvalue weighted by molar-refractivity contribution is -0.155. The van der Waals surface area contributed by atoms with Crippen molar-refractivity contribution in [3.63, 3.8) is 0 Å². The molecule has 3 atom stereocenters. The minimum absolute atomic E-state index is 0.0139. The largest absolute Gasteiger partial charge is 0.513 e. The summed E-state index contributed by atoms with van der Waals surface area (Å²) in [7, 11) is 1.16. The summed E-state index contributed by atoms with van der Waals surface area (Å²) in [6, 6.07) is 3.21. The molecule has 0 heterocycles. The summed E-state index contributed by atoms with van der Waals surface area (Å²) in [6.07, 6.45) is -4.49. The van der Waals surface area contributed by atoms with Gasteiger partial charge in [-0.2, -0.15) is 0 Å². The van der Waals surface area contributed by atoms with E-state index in [0.29, 0.717) is 5.56 Å². The second-order valence-electron chi connectivity index (χ2n) is 11.4. The molecule has 39 heavy (non-hydrogen) atoms. The molecule has 0 saturated carbocycles. The van der Waals surface area contributed by atoms with E-state index in [9.17, 15) is 19.2 Å². The molecule has 0 fully saturated rings. The molecule has 0 aliphatic carbocycles. The Balaban J connectivity index is 3.00. The van der Waals surface area contributed by atoms with Crippen LogP contribution in [-0.4, -0.2) is 63.0 Å². The molecule has 1 aromatic carbocycles. The average Bonchev–Trinajstić information content (AvgIpc) is 2.81. The summed E-state index contributed by atoms with van der Waals surface area (Å²) in [4.78, 5) is 48.3. The van der Waals surface area contributed by atoms with Gasteiger partial charge in [-0.3, -0.25) is 4.79 Å². The van der Waals surface area contributed by atoms with Crippen molar-refractivity contribution in [2.24, 2.45) is 16.6 Å². The van der Waals surface area contributed by atoms with Crippen LogP contribution in [0.25, 0.3) is 0 Å². The fraction of sp³-hybridized carbons (Fsp3) is 0.630. The third-order valence-electron chi connectivity index (χ3n) is 4.81. The van der Waals surface area contributed by atoms with E-state index in [1.807, 2.05) is 41.5 Å². The van der Waals surface area contributed by atoms with Gasteiger partial charge in [0, 0.05) is 0 Å². The number of rotatable bonds is 10. The molecular formula is C27H41NO11. The van der Waals surface area contributed by atoms with Gasteiger partial charge in [-0.15, -0.1) is 0 Å². The molecule has 220 valence electrons. The van der Waals surface area contributed by atoms with Crippen LogP contribution in [0.4, 0.5) is 14.4 Å². The van der Waals surface area contributed by atoms with Gasteiger partial charge in [0.15, 0.2) is 11.5 Å². The predicted molar refractivity (Wildman–Crippen MR) is 139 cm³/mol. The molecule has 1 rings (SSSR count). The Morgan fingerprint density at radius 3 is 1.74 bits per heavy atom. The highest BCUT2D eigenvalue weighted by Gasteiger charge is 2.26. The van der Waals surface area contributed by atoms with Gasteiger partial charge in [-0.05, 0) is 48.8 Å². The van der Waals surface area contributed by atoms with Gasteiger partial charge in [-0.1, -0.05) is 47.6 Å². The monoisotopic (exact) mass is 555 g/mol. The maximum Gasteiger partial charge on any atom is 0.513 e. The van der Waals surface area contributed by atoms with Gasteiger partial charge in [0.25, 0.3) is 0 Å². The Hall–Kier alpha value is -3.54. The summed E-state index contributed by atoms with van der Waals surface area (Å²) in [5.74, 6) is -0.974. The van der Waals surface area contributed by atoms with E-state index >= 15 is 0 Å². The van der Waals surface area contributed by atoms with Gasteiger partial charge in [-0.25, -0.2) is 14.4 Å². The number of hydrogen-bond acceptors (Lipinski definition) is 12. The van der Waals surface area contributed by atoms with Crippen molar-refractivity contribution in [2.45, 2.75) is 80.1 Å². The number of esters is 1. The summed E-state index contributed by atoms with van der Waals surface area (Å²) in [6.45, 7) is 14.6. The van der Waals surface area contributed by atoms with Gasteiger partial charge in [0.05, 0.1) is 20.3 Å². The van der Waals surface area contributed by atoms with Crippen molar-refractivity contribution >= 4 is 24.4 Å². The van der Waals surface area contributed by atoms with Gasteiger partial charge in [0.1, 0.15) is 18.2 Å². The Kier molecular flexibility index (Phi) is 12.5. The molecule has 12 heteroatoms. The van der Waals surface area contributed by atoms with Crippen molar-refractivity contribution in [2.75, 3.05) is 20.3 Å². The van der Waals surface area contributed by atoms with E-state index in [1.165, 1.54) is 26.0 Å². The van der Waals surface area contributed by atoms with Crippen molar-refractivity contribution in [1.82, 2.24) is 0 Å². The fourth-order valence-corrected chi connectivity index (χ4v) is 2.63.